The van der Waals surface area contributed by atoms with Crippen molar-refractivity contribution < 1.29 is 12.8 Å². The van der Waals surface area contributed by atoms with E-state index in [1.807, 2.05) is 30.3 Å². The average molecular weight is 321 g/mol. The van der Waals surface area contributed by atoms with Gasteiger partial charge in [0.25, 0.3) is 10.0 Å². The number of nitrogens with zero attached hydrogens (tertiary/aromatic N) is 2. The highest BCUT2D eigenvalue weighted by atomic mass is 32.2. The summed E-state index contributed by atoms with van der Waals surface area (Å²) in [6.45, 7) is 0. The Balaban J connectivity index is 1.77. The largest absolute Gasteiger partial charge is 0.260 e. The maximum Gasteiger partial charge on any atom is 0.260 e. The quantitative estimate of drug-likeness (QED) is 0.882. The van der Waals surface area contributed by atoms with Gasteiger partial charge in [-0.2, -0.15) is 4.39 Å². The van der Waals surface area contributed by atoms with Crippen LogP contribution in [0.15, 0.2) is 47.5 Å². The molecule has 2 aromatic rings. The fraction of sp³-hybridized carbons (Fsp3) is 0.333. The molecule has 1 fully saturated rings. The summed E-state index contributed by atoms with van der Waals surface area (Å²) in [5.74, 6) is -0.467. The standard InChI is InChI=1S/C15H16FN3O2S/c16-14-8-9-15(18-17-14)22(20,21)19-13(12-6-7-12)10-11-4-2-1-3-5-11/h1-5,8-9,12-13,19H,6-7,10H2. The minimum atomic E-state index is -3.79. The van der Waals surface area contributed by atoms with Crippen LogP contribution in [0.25, 0.3) is 0 Å². The molecule has 0 bridgehead atoms. The van der Waals surface area contributed by atoms with Crippen molar-refractivity contribution in [3.63, 3.8) is 0 Å². The molecule has 22 heavy (non-hydrogen) atoms. The summed E-state index contributed by atoms with van der Waals surface area (Å²) in [5, 5.41) is 6.32. The molecule has 0 saturated heterocycles. The summed E-state index contributed by atoms with van der Waals surface area (Å²) in [5.41, 5.74) is 1.08. The zero-order valence-corrected chi connectivity index (χ0v) is 12.6. The zero-order valence-electron chi connectivity index (χ0n) is 11.8. The third-order valence-electron chi connectivity index (χ3n) is 3.68. The molecule has 0 radical (unpaired) electrons. The molecular formula is C15H16FN3O2S. The maximum absolute atomic E-state index is 12.8. The van der Waals surface area contributed by atoms with Crippen molar-refractivity contribution in [1.29, 1.82) is 0 Å². The van der Waals surface area contributed by atoms with Crippen LogP contribution in [-0.2, 0) is 16.4 Å². The lowest BCUT2D eigenvalue weighted by atomic mass is 10.0. The fourth-order valence-electron chi connectivity index (χ4n) is 2.38. The zero-order chi connectivity index (χ0) is 15.6. The van der Waals surface area contributed by atoms with Crippen LogP contribution in [0, 0.1) is 11.9 Å². The third-order valence-corrected chi connectivity index (χ3v) is 5.06. The number of halogens is 1. The van der Waals surface area contributed by atoms with Crippen LogP contribution in [0.5, 0.6) is 0 Å². The molecule has 5 nitrogen and oxygen atoms in total. The van der Waals surface area contributed by atoms with Crippen molar-refractivity contribution >= 4 is 10.0 Å². The maximum atomic E-state index is 12.8. The Morgan fingerprint density at radius 3 is 2.45 bits per heavy atom. The molecule has 0 amide bonds. The summed E-state index contributed by atoms with van der Waals surface area (Å²) in [4.78, 5) is 0. The SMILES string of the molecule is O=S(=O)(NC(Cc1ccccc1)C1CC1)c1ccc(F)nn1. The summed E-state index contributed by atoms with van der Waals surface area (Å²) in [6, 6.07) is 11.7. The summed E-state index contributed by atoms with van der Waals surface area (Å²) in [7, 11) is -3.79. The van der Waals surface area contributed by atoms with Gasteiger partial charge < -0.3 is 0 Å². The monoisotopic (exact) mass is 321 g/mol. The number of hydrogen-bond donors (Lipinski definition) is 1. The Hall–Kier alpha value is -1.86. The van der Waals surface area contributed by atoms with Gasteiger partial charge in [0.2, 0.25) is 5.95 Å². The molecule has 1 aromatic heterocycles. The van der Waals surface area contributed by atoms with Gasteiger partial charge in [0, 0.05) is 6.04 Å². The van der Waals surface area contributed by atoms with Crippen LogP contribution in [0.2, 0.25) is 0 Å². The van der Waals surface area contributed by atoms with E-state index in [2.05, 4.69) is 14.9 Å². The number of sulfonamides is 1. The second-order valence-electron chi connectivity index (χ2n) is 5.45. The predicted octanol–water partition coefficient (Wildman–Crippen LogP) is 1.92. The van der Waals surface area contributed by atoms with Crippen molar-refractivity contribution in [2.45, 2.75) is 30.3 Å². The van der Waals surface area contributed by atoms with Crippen LogP contribution in [0.4, 0.5) is 4.39 Å². The van der Waals surface area contributed by atoms with E-state index in [4.69, 9.17) is 0 Å². The molecule has 7 heteroatoms. The van der Waals surface area contributed by atoms with Crippen molar-refractivity contribution in [2.24, 2.45) is 5.92 Å². The molecule has 1 aromatic carbocycles. The Morgan fingerprint density at radius 1 is 1.14 bits per heavy atom. The van der Waals surface area contributed by atoms with Gasteiger partial charge in [-0.25, -0.2) is 13.1 Å². The Morgan fingerprint density at radius 2 is 1.86 bits per heavy atom. The van der Waals surface area contributed by atoms with Crippen LogP contribution in [0.3, 0.4) is 0 Å². The van der Waals surface area contributed by atoms with Gasteiger partial charge in [-0.1, -0.05) is 30.3 Å². The van der Waals surface area contributed by atoms with Gasteiger partial charge in [-0.05, 0) is 42.9 Å². The Bertz CT molecular complexity index is 731. The summed E-state index contributed by atoms with van der Waals surface area (Å²) in [6.07, 6.45) is 2.64. The Labute approximate surface area is 128 Å². The van der Waals surface area contributed by atoms with E-state index in [9.17, 15) is 12.8 Å². The second-order valence-corrected chi connectivity index (χ2v) is 7.11. The van der Waals surface area contributed by atoms with Gasteiger partial charge in [0.15, 0.2) is 5.03 Å². The number of aromatic nitrogens is 2. The highest BCUT2D eigenvalue weighted by Crippen LogP contribution is 2.34. The first-order valence-electron chi connectivity index (χ1n) is 7.10. The molecule has 1 atom stereocenters. The second kappa shape index (κ2) is 6.10. The van der Waals surface area contributed by atoms with Crippen LogP contribution >= 0.6 is 0 Å². The van der Waals surface area contributed by atoms with Gasteiger partial charge in [0.05, 0.1) is 0 Å². The molecule has 1 aliphatic rings. The first-order valence-corrected chi connectivity index (χ1v) is 8.58. The number of nitrogens with one attached hydrogen (secondary N) is 1. The number of hydrogen-bond acceptors (Lipinski definition) is 4. The molecular weight excluding hydrogens is 305 g/mol. The summed E-state index contributed by atoms with van der Waals surface area (Å²) >= 11 is 0. The van der Waals surface area contributed by atoms with Gasteiger partial charge >= 0.3 is 0 Å². The molecule has 1 aliphatic carbocycles. The minimum Gasteiger partial charge on any atom is -0.206 e. The normalized spacial score (nSPS) is 16.4. The van der Waals surface area contributed by atoms with Crippen LogP contribution < -0.4 is 4.72 Å². The van der Waals surface area contributed by atoms with Crippen LogP contribution in [0.1, 0.15) is 18.4 Å². The van der Waals surface area contributed by atoms with Crippen molar-refractivity contribution in [1.82, 2.24) is 14.9 Å². The van der Waals surface area contributed by atoms with E-state index in [-0.39, 0.29) is 11.1 Å². The molecule has 0 aliphatic heterocycles. The molecule has 1 saturated carbocycles. The minimum absolute atomic E-state index is 0.181. The van der Waals surface area contributed by atoms with E-state index in [0.29, 0.717) is 12.3 Å². The lowest BCUT2D eigenvalue weighted by Crippen LogP contribution is -2.38. The highest BCUT2D eigenvalue weighted by molar-refractivity contribution is 7.89. The van der Waals surface area contributed by atoms with Gasteiger partial charge in [-0.3, -0.25) is 0 Å². The van der Waals surface area contributed by atoms with Crippen molar-refractivity contribution in [2.75, 3.05) is 0 Å². The van der Waals surface area contributed by atoms with Crippen molar-refractivity contribution in [3.05, 3.63) is 54.0 Å². The molecule has 1 N–H and O–H groups in total. The first kappa shape index (κ1) is 15.1. The van der Waals surface area contributed by atoms with E-state index < -0.39 is 16.0 Å². The van der Waals surface area contributed by atoms with E-state index >= 15 is 0 Å². The number of rotatable bonds is 6. The van der Waals surface area contributed by atoms with Gasteiger partial charge in [-0.15, -0.1) is 10.2 Å². The van der Waals surface area contributed by atoms with Crippen molar-refractivity contribution in [3.8, 4) is 0 Å². The summed E-state index contributed by atoms with van der Waals surface area (Å²) < 4.78 is 40.1. The first-order chi connectivity index (χ1) is 10.5. The molecule has 1 unspecified atom stereocenters. The topological polar surface area (TPSA) is 72.0 Å². The molecule has 0 spiro atoms. The smallest absolute Gasteiger partial charge is 0.206 e. The third kappa shape index (κ3) is 3.66. The molecule has 3 rings (SSSR count). The van der Waals surface area contributed by atoms with E-state index in [0.717, 1.165) is 30.5 Å². The average Bonchev–Trinajstić information content (AvgIpc) is 3.32. The van der Waals surface area contributed by atoms with E-state index in [1.54, 1.807) is 0 Å². The van der Waals surface area contributed by atoms with E-state index in [1.165, 1.54) is 0 Å². The Kier molecular flexibility index (Phi) is 4.17. The van der Waals surface area contributed by atoms with Crippen LogP contribution in [-0.4, -0.2) is 24.7 Å². The molecule has 116 valence electrons. The number of benzene rings is 1. The highest BCUT2D eigenvalue weighted by Gasteiger charge is 2.34. The predicted molar refractivity (Wildman–Crippen MR) is 79.0 cm³/mol. The lowest BCUT2D eigenvalue weighted by Gasteiger charge is -2.18. The lowest BCUT2D eigenvalue weighted by molar-refractivity contribution is 0.504. The fourth-order valence-corrected chi connectivity index (χ4v) is 3.57. The molecule has 1 heterocycles. The van der Waals surface area contributed by atoms with Gasteiger partial charge in [0.1, 0.15) is 0 Å².